The lowest BCUT2D eigenvalue weighted by Gasteiger charge is -2.32. The third-order valence-electron chi connectivity index (χ3n) is 5.22. The quantitative estimate of drug-likeness (QED) is 0.765. The minimum absolute atomic E-state index is 0.0117. The molecule has 0 saturated carbocycles. The van der Waals surface area contributed by atoms with Crippen LogP contribution < -0.4 is 10.6 Å². The zero-order valence-corrected chi connectivity index (χ0v) is 16.1. The molecule has 0 aliphatic carbocycles. The summed E-state index contributed by atoms with van der Waals surface area (Å²) in [6.45, 7) is 4.40. The molecule has 2 saturated heterocycles. The molecule has 144 valence electrons. The zero-order chi connectivity index (χ0) is 18.6. The number of hydrogen-bond donors (Lipinski definition) is 2. The van der Waals surface area contributed by atoms with Crippen molar-refractivity contribution in [2.45, 2.75) is 24.3 Å². The SMILES string of the molecule is CN1CCN(S(=O)(=O)c2ccccc2CNC(=O)C2CCNCC2)CC1. The Labute approximate surface area is 155 Å². The van der Waals surface area contributed by atoms with Crippen LogP contribution in [0.5, 0.6) is 0 Å². The summed E-state index contributed by atoms with van der Waals surface area (Å²) in [5, 5.41) is 6.18. The van der Waals surface area contributed by atoms with Gasteiger partial charge in [0.05, 0.1) is 4.90 Å². The standard InChI is InChI=1S/C18H28N4O3S/c1-21-10-12-22(13-11-21)26(24,25)17-5-3-2-4-16(17)14-20-18(23)15-6-8-19-9-7-15/h2-5,15,19H,6-14H2,1H3,(H,20,23). The van der Waals surface area contributed by atoms with Gasteiger partial charge >= 0.3 is 0 Å². The van der Waals surface area contributed by atoms with E-state index in [0.29, 0.717) is 23.5 Å². The average molecular weight is 381 g/mol. The van der Waals surface area contributed by atoms with Gasteiger partial charge in [-0.1, -0.05) is 18.2 Å². The maximum atomic E-state index is 13.0. The molecule has 1 amide bonds. The van der Waals surface area contributed by atoms with Crippen LogP contribution in [0.25, 0.3) is 0 Å². The first-order chi connectivity index (χ1) is 12.5. The van der Waals surface area contributed by atoms with Gasteiger partial charge in [-0.05, 0) is 44.6 Å². The Bertz CT molecular complexity index is 724. The van der Waals surface area contributed by atoms with Crippen molar-refractivity contribution < 1.29 is 13.2 Å². The average Bonchev–Trinajstić information content (AvgIpc) is 2.67. The van der Waals surface area contributed by atoms with Crippen molar-refractivity contribution >= 4 is 15.9 Å². The van der Waals surface area contributed by atoms with Crippen LogP contribution in [-0.4, -0.2) is 69.8 Å². The summed E-state index contributed by atoms with van der Waals surface area (Å²) in [6, 6.07) is 6.97. The van der Waals surface area contributed by atoms with Crippen molar-refractivity contribution in [3.8, 4) is 0 Å². The van der Waals surface area contributed by atoms with Crippen LogP contribution >= 0.6 is 0 Å². The second-order valence-corrected chi connectivity index (χ2v) is 8.96. The lowest BCUT2D eigenvalue weighted by molar-refractivity contribution is -0.125. The second kappa shape index (κ2) is 8.47. The molecule has 0 aromatic heterocycles. The highest BCUT2D eigenvalue weighted by Crippen LogP contribution is 2.22. The number of nitrogens with zero attached hydrogens (tertiary/aromatic N) is 2. The van der Waals surface area contributed by atoms with Crippen molar-refractivity contribution in [3.63, 3.8) is 0 Å². The second-order valence-electron chi connectivity index (χ2n) is 7.06. The van der Waals surface area contributed by atoms with Crippen LogP contribution in [0.4, 0.5) is 0 Å². The van der Waals surface area contributed by atoms with Gasteiger partial charge in [-0.25, -0.2) is 8.42 Å². The molecule has 0 atom stereocenters. The van der Waals surface area contributed by atoms with Crippen LogP contribution in [0.15, 0.2) is 29.2 Å². The predicted molar refractivity (Wildman–Crippen MR) is 100 cm³/mol. The number of rotatable bonds is 5. The molecule has 2 aliphatic rings. The number of benzene rings is 1. The molecule has 1 aromatic carbocycles. The van der Waals surface area contributed by atoms with E-state index < -0.39 is 10.0 Å². The molecular formula is C18H28N4O3S. The van der Waals surface area contributed by atoms with E-state index in [1.807, 2.05) is 13.1 Å². The fourth-order valence-corrected chi connectivity index (χ4v) is 5.12. The maximum Gasteiger partial charge on any atom is 0.243 e. The summed E-state index contributed by atoms with van der Waals surface area (Å²) in [4.78, 5) is 14.8. The molecular weight excluding hydrogens is 352 g/mol. The molecule has 0 radical (unpaired) electrons. The van der Waals surface area contributed by atoms with E-state index in [-0.39, 0.29) is 18.4 Å². The summed E-state index contributed by atoms with van der Waals surface area (Å²) < 4.78 is 27.6. The molecule has 7 nitrogen and oxygen atoms in total. The van der Waals surface area contributed by atoms with Crippen molar-refractivity contribution in [1.82, 2.24) is 19.8 Å². The van der Waals surface area contributed by atoms with Crippen LogP contribution in [0.3, 0.4) is 0 Å². The first-order valence-electron chi connectivity index (χ1n) is 9.23. The lowest BCUT2D eigenvalue weighted by atomic mass is 9.97. The highest BCUT2D eigenvalue weighted by molar-refractivity contribution is 7.89. The van der Waals surface area contributed by atoms with E-state index in [4.69, 9.17) is 0 Å². The fourth-order valence-electron chi connectivity index (χ4n) is 3.48. The smallest absolute Gasteiger partial charge is 0.243 e. The topological polar surface area (TPSA) is 81.8 Å². The van der Waals surface area contributed by atoms with E-state index in [2.05, 4.69) is 15.5 Å². The molecule has 2 aliphatic heterocycles. The Morgan fingerprint density at radius 1 is 1.15 bits per heavy atom. The van der Waals surface area contributed by atoms with E-state index in [0.717, 1.165) is 39.0 Å². The van der Waals surface area contributed by atoms with Gasteiger partial charge in [0.1, 0.15) is 0 Å². The lowest BCUT2D eigenvalue weighted by Crippen LogP contribution is -2.47. The number of carbonyl (C=O) groups is 1. The van der Waals surface area contributed by atoms with Gasteiger partial charge in [0, 0.05) is 38.6 Å². The molecule has 2 fully saturated rings. The van der Waals surface area contributed by atoms with Crippen molar-refractivity contribution in [2.24, 2.45) is 5.92 Å². The van der Waals surface area contributed by atoms with Gasteiger partial charge in [-0.3, -0.25) is 4.79 Å². The fraction of sp³-hybridized carbons (Fsp3) is 0.611. The number of likely N-dealkylation sites (N-methyl/N-ethyl adjacent to an activating group) is 1. The van der Waals surface area contributed by atoms with Gasteiger partial charge in [-0.15, -0.1) is 0 Å². The largest absolute Gasteiger partial charge is 0.352 e. The molecule has 0 bridgehead atoms. The number of piperidine rings is 1. The summed E-state index contributed by atoms with van der Waals surface area (Å²) in [5.74, 6) is 0.0240. The zero-order valence-electron chi connectivity index (χ0n) is 15.3. The number of sulfonamides is 1. The first-order valence-corrected chi connectivity index (χ1v) is 10.7. The summed E-state index contributed by atoms with van der Waals surface area (Å²) in [6.07, 6.45) is 1.65. The number of nitrogens with one attached hydrogen (secondary N) is 2. The molecule has 2 heterocycles. The van der Waals surface area contributed by atoms with Crippen LogP contribution in [0, 0.1) is 5.92 Å². The monoisotopic (exact) mass is 380 g/mol. The normalized spacial score (nSPS) is 20.8. The third kappa shape index (κ3) is 4.43. The molecule has 26 heavy (non-hydrogen) atoms. The van der Waals surface area contributed by atoms with Crippen LogP contribution in [-0.2, 0) is 21.4 Å². The van der Waals surface area contributed by atoms with Gasteiger partial charge in [-0.2, -0.15) is 4.31 Å². The molecule has 2 N–H and O–H groups in total. The molecule has 1 aromatic rings. The molecule has 0 unspecified atom stereocenters. The van der Waals surface area contributed by atoms with Gasteiger partial charge in [0.15, 0.2) is 0 Å². The van der Waals surface area contributed by atoms with Crippen molar-refractivity contribution in [1.29, 1.82) is 0 Å². The highest BCUT2D eigenvalue weighted by Gasteiger charge is 2.29. The Balaban J connectivity index is 1.70. The predicted octanol–water partition coefficient (Wildman–Crippen LogP) is 0.239. The van der Waals surface area contributed by atoms with Crippen molar-refractivity contribution in [3.05, 3.63) is 29.8 Å². The van der Waals surface area contributed by atoms with E-state index in [1.165, 1.54) is 0 Å². The van der Waals surface area contributed by atoms with E-state index >= 15 is 0 Å². The Morgan fingerprint density at radius 3 is 2.50 bits per heavy atom. The number of hydrogen-bond acceptors (Lipinski definition) is 5. The van der Waals surface area contributed by atoms with Gasteiger partial charge in [0.2, 0.25) is 15.9 Å². The minimum Gasteiger partial charge on any atom is -0.352 e. The molecule has 8 heteroatoms. The minimum atomic E-state index is -3.54. The summed E-state index contributed by atoms with van der Waals surface area (Å²) in [7, 11) is -1.55. The Morgan fingerprint density at radius 2 is 1.81 bits per heavy atom. The highest BCUT2D eigenvalue weighted by atomic mass is 32.2. The van der Waals surface area contributed by atoms with Crippen molar-refractivity contribution in [2.75, 3.05) is 46.3 Å². The van der Waals surface area contributed by atoms with Gasteiger partial charge < -0.3 is 15.5 Å². The maximum absolute atomic E-state index is 13.0. The van der Waals surface area contributed by atoms with Gasteiger partial charge in [0.25, 0.3) is 0 Å². The summed E-state index contributed by atoms with van der Waals surface area (Å²) in [5.41, 5.74) is 0.647. The summed E-state index contributed by atoms with van der Waals surface area (Å²) >= 11 is 0. The Kier molecular flexibility index (Phi) is 6.29. The van der Waals surface area contributed by atoms with E-state index in [9.17, 15) is 13.2 Å². The van der Waals surface area contributed by atoms with E-state index in [1.54, 1.807) is 22.5 Å². The number of piperazine rings is 1. The number of carbonyl (C=O) groups excluding carboxylic acids is 1. The number of amides is 1. The third-order valence-corrected chi connectivity index (χ3v) is 7.21. The van der Waals surface area contributed by atoms with Crippen LogP contribution in [0.2, 0.25) is 0 Å². The molecule has 0 spiro atoms. The first kappa shape index (κ1) is 19.3. The Hall–Kier alpha value is -1.48. The van der Waals surface area contributed by atoms with Crippen LogP contribution in [0.1, 0.15) is 18.4 Å². The molecule has 3 rings (SSSR count).